The summed E-state index contributed by atoms with van der Waals surface area (Å²) in [6, 6.07) is 22.1. The molecule has 0 radical (unpaired) electrons. The average Bonchev–Trinajstić information content (AvgIpc) is 3.45. The Morgan fingerprint density at radius 1 is 1.00 bits per heavy atom. The molecule has 2 heterocycles. The Kier molecular flexibility index (Phi) is 10.6. The summed E-state index contributed by atoms with van der Waals surface area (Å²) < 4.78 is 36.2. The number of fused-ring (bicyclic) bond motifs is 1. The summed E-state index contributed by atoms with van der Waals surface area (Å²) in [5, 5.41) is 17.0. The molecule has 0 aliphatic carbocycles. The van der Waals surface area contributed by atoms with Gasteiger partial charge in [-0.25, -0.2) is 4.98 Å². The van der Waals surface area contributed by atoms with Crippen LogP contribution >= 0.6 is 11.3 Å². The van der Waals surface area contributed by atoms with Crippen molar-refractivity contribution < 1.29 is 32.4 Å². The summed E-state index contributed by atoms with van der Waals surface area (Å²) in [4.78, 5) is 28.9. The molecule has 0 atom stereocenters. The maximum absolute atomic E-state index is 12.4. The highest BCUT2D eigenvalue weighted by Gasteiger charge is 2.17. The van der Waals surface area contributed by atoms with Gasteiger partial charge in [0.1, 0.15) is 18.2 Å². The fourth-order valence-electron chi connectivity index (χ4n) is 3.99. The first kappa shape index (κ1) is 32.1. The number of aliphatic hydroxyl groups excluding tert-OH is 1. The van der Waals surface area contributed by atoms with Gasteiger partial charge >= 0.3 is 0 Å². The molecular weight excluding hydrogens is 604 g/mol. The third-order valence-electron chi connectivity index (χ3n) is 6.18. The van der Waals surface area contributed by atoms with Gasteiger partial charge < -0.3 is 26.2 Å². The Hall–Kier alpha value is -4.82. The summed E-state index contributed by atoms with van der Waals surface area (Å²) >= 11 is 1.38. The van der Waals surface area contributed by atoms with Gasteiger partial charge in [0.2, 0.25) is 0 Å². The van der Waals surface area contributed by atoms with Crippen LogP contribution in [0.1, 0.15) is 31.8 Å². The smallest absolute Gasteiger partial charge is 0.294 e. The van der Waals surface area contributed by atoms with Gasteiger partial charge in [0.05, 0.1) is 21.8 Å². The SMILES string of the molecule is Cc1ccc(S(=O)(=O)O)cc1.Nc1ncc(C(=O)NCCO)c2scc(COc3cccc(NC(=O)c4ccccc4)c3)c12. The van der Waals surface area contributed by atoms with E-state index >= 15 is 0 Å². The highest BCUT2D eigenvalue weighted by atomic mass is 32.2. The third kappa shape index (κ3) is 8.39. The molecule has 0 saturated carbocycles. The number of aromatic nitrogens is 1. The number of carbonyl (C=O) groups is 2. The first-order chi connectivity index (χ1) is 21.1. The van der Waals surface area contributed by atoms with E-state index in [-0.39, 0.29) is 36.5 Å². The molecule has 0 fully saturated rings. The quantitative estimate of drug-likeness (QED) is 0.144. The fourth-order valence-corrected chi connectivity index (χ4v) is 5.54. The molecule has 0 aliphatic rings. The molecule has 2 amide bonds. The normalized spacial score (nSPS) is 10.9. The van der Waals surface area contributed by atoms with E-state index < -0.39 is 10.1 Å². The predicted octanol–water partition coefficient (Wildman–Crippen LogP) is 4.67. The van der Waals surface area contributed by atoms with E-state index in [2.05, 4.69) is 15.6 Å². The second kappa shape index (κ2) is 14.6. The van der Waals surface area contributed by atoms with Crippen LogP contribution in [0.3, 0.4) is 0 Å². The van der Waals surface area contributed by atoms with Crippen molar-refractivity contribution >= 4 is 54.9 Å². The number of thiophene rings is 1. The van der Waals surface area contributed by atoms with Crippen LogP contribution in [0, 0.1) is 6.92 Å². The van der Waals surface area contributed by atoms with E-state index in [9.17, 15) is 18.0 Å². The van der Waals surface area contributed by atoms with Gasteiger partial charge in [-0.3, -0.25) is 14.1 Å². The Morgan fingerprint density at radius 2 is 1.73 bits per heavy atom. The number of pyridine rings is 1. The Bertz CT molecular complexity index is 1860. The van der Waals surface area contributed by atoms with Crippen LogP contribution in [0.5, 0.6) is 5.75 Å². The van der Waals surface area contributed by atoms with E-state index in [0.29, 0.717) is 38.5 Å². The van der Waals surface area contributed by atoms with Crippen LogP contribution in [0.2, 0.25) is 0 Å². The number of aryl methyl sites for hydroxylation is 1. The number of ether oxygens (including phenoxy) is 1. The molecule has 228 valence electrons. The monoisotopic (exact) mass is 634 g/mol. The van der Waals surface area contributed by atoms with E-state index in [4.69, 9.17) is 20.1 Å². The lowest BCUT2D eigenvalue weighted by Crippen LogP contribution is -2.26. The van der Waals surface area contributed by atoms with E-state index in [1.54, 1.807) is 48.5 Å². The summed E-state index contributed by atoms with van der Waals surface area (Å²) in [5.74, 6) is 0.358. The maximum Gasteiger partial charge on any atom is 0.294 e. The minimum absolute atomic E-state index is 0.0666. The van der Waals surface area contributed by atoms with Gasteiger partial charge in [0.25, 0.3) is 21.9 Å². The number of nitrogen functional groups attached to an aromatic ring is 1. The van der Waals surface area contributed by atoms with E-state index in [1.165, 1.54) is 29.7 Å². The Morgan fingerprint density at radius 3 is 2.41 bits per heavy atom. The largest absolute Gasteiger partial charge is 0.489 e. The lowest BCUT2D eigenvalue weighted by atomic mass is 10.1. The zero-order valence-corrected chi connectivity index (χ0v) is 25.2. The lowest BCUT2D eigenvalue weighted by molar-refractivity contribution is 0.0945. The van der Waals surface area contributed by atoms with Crippen molar-refractivity contribution in [3.8, 4) is 5.75 Å². The topological polar surface area (TPSA) is 181 Å². The molecule has 0 spiro atoms. The number of amides is 2. The first-order valence-electron chi connectivity index (χ1n) is 13.2. The van der Waals surface area contributed by atoms with Crippen molar-refractivity contribution in [3.63, 3.8) is 0 Å². The van der Waals surface area contributed by atoms with Gasteiger partial charge in [0, 0.05) is 41.0 Å². The van der Waals surface area contributed by atoms with Crippen molar-refractivity contribution in [2.45, 2.75) is 18.4 Å². The van der Waals surface area contributed by atoms with Crippen LogP contribution < -0.4 is 21.1 Å². The average molecular weight is 635 g/mol. The zero-order chi connectivity index (χ0) is 31.7. The summed E-state index contributed by atoms with van der Waals surface area (Å²) in [6.45, 7) is 2.06. The number of nitrogens with zero attached hydrogens (tertiary/aromatic N) is 1. The summed E-state index contributed by atoms with van der Waals surface area (Å²) in [6.07, 6.45) is 1.43. The standard InChI is InChI=1S/C24H22N4O4S.C7H8O3S/c25-22-20-16(14-33-21(20)19(12-27-22)24(31)26-9-10-29)13-32-18-8-4-7-17(11-18)28-23(30)15-5-2-1-3-6-15;1-6-2-4-7(5-3-6)11(8,9)10/h1-8,11-12,14,29H,9-10,13H2,(H2,25,27)(H,26,31)(H,28,30);2-5H,1H3,(H,8,9,10). The van der Waals surface area contributed by atoms with Crippen molar-refractivity contribution in [1.29, 1.82) is 0 Å². The second-order valence-corrected chi connectivity index (χ2v) is 11.7. The Balaban J connectivity index is 0.000000339. The number of hydrogen-bond donors (Lipinski definition) is 5. The number of nitrogens with two attached hydrogens (primary N) is 1. The highest BCUT2D eigenvalue weighted by Crippen LogP contribution is 2.33. The van der Waals surface area contributed by atoms with Crippen molar-refractivity contribution in [1.82, 2.24) is 10.3 Å². The van der Waals surface area contributed by atoms with Gasteiger partial charge in [-0.2, -0.15) is 8.42 Å². The van der Waals surface area contributed by atoms with Crippen LogP contribution in [0.25, 0.3) is 10.1 Å². The van der Waals surface area contributed by atoms with Gasteiger partial charge in [0.15, 0.2) is 0 Å². The molecule has 13 heteroatoms. The molecule has 44 heavy (non-hydrogen) atoms. The number of anilines is 2. The van der Waals surface area contributed by atoms with Crippen molar-refractivity contribution in [2.24, 2.45) is 0 Å². The predicted molar refractivity (Wildman–Crippen MR) is 170 cm³/mol. The van der Waals surface area contributed by atoms with E-state index in [0.717, 1.165) is 11.1 Å². The number of hydrogen-bond acceptors (Lipinski definition) is 9. The molecule has 3 aromatic carbocycles. The number of benzene rings is 3. The molecule has 0 saturated heterocycles. The lowest BCUT2D eigenvalue weighted by Gasteiger charge is -2.10. The Labute approximate surface area is 258 Å². The van der Waals surface area contributed by atoms with Crippen molar-refractivity contribution in [3.05, 3.63) is 113 Å². The van der Waals surface area contributed by atoms with Crippen LogP contribution in [-0.4, -0.2) is 48.0 Å². The number of nitrogens with one attached hydrogen (secondary N) is 2. The van der Waals surface area contributed by atoms with Crippen LogP contribution in [0.4, 0.5) is 11.5 Å². The maximum atomic E-state index is 12.4. The van der Waals surface area contributed by atoms with Gasteiger partial charge in [-0.1, -0.05) is 42.0 Å². The first-order valence-corrected chi connectivity index (χ1v) is 15.6. The third-order valence-corrected chi connectivity index (χ3v) is 8.11. The minimum atomic E-state index is -4.02. The molecule has 5 rings (SSSR count). The van der Waals surface area contributed by atoms with Gasteiger partial charge in [-0.15, -0.1) is 11.3 Å². The molecule has 11 nitrogen and oxygen atoms in total. The number of aliphatic hydroxyl groups is 1. The molecule has 0 unspecified atom stereocenters. The minimum Gasteiger partial charge on any atom is -0.489 e. The molecule has 0 bridgehead atoms. The fraction of sp³-hybridized carbons (Fsp3) is 0.129. The second-order valence-electron chi connectivity index (χ2n) is 9.43. The molecule has 2 aromatic heterocycles. The molecule has 6 N–H and O–H groups in total. The van der Waals surface area contributed by atoms with Crippen LogP contribution in [0.15, 0.2) is 95.3 Å². The molecular formula is C31H30N4O7S2. The number of rotatable bonds is 9. The zero-order valence-electron chi connectivity index (χ0n) is 23.6. The van der Waals surface area contributed by atoms with Crippen molar-refractivity contribution in [2.75, 3.05) is 24.2 Å². The number of carbonyl (C=O) groups excluding carboxylic acids is 2. The summed E-state index contributed by atoms with van der Waals surface area (Å²) in [7, 11) is -4.02. The van der Waals surface area contributed by atoms with E-state index in [1.807, 2.05) is 30.5 Å². The van der Waals surface area contributed by atoms with Gasteiger partial charge in [-0.05, 0) is 48.7 Å². The highest BCUT2D eigenvalue weighted by molar-refractivity contribution is 7.85. The summed E-state index contributed by atoms with van der Waals surface area (Å²) in [5.41, 5.74) is 9.43. The molecule has 5 aromatic rings. The molecule has 0 aliphatic heterocycles. The van der Waals surface area contributed by atoms with Crippen LogP contribution in [-0.2, 0) is 16.7 Å².